The molecular formula is C31H34FN3O6. The van der Waals surface area contributed by atoms with Gasteiger partial charge >= 0.3 is 0 Å². The Morgan fingerprint density at radius 3 is 2.20 bits per heavy atom. The summed E-state index contributed by atoms with van der Waals surface area (Å²) in [6, 6.07) is 21.2. The molecule has 0 radical (unpaired) electrons. The van der Waals surface area contributed by atoms with Gasteiger partial charge in [-0.25, -0.2) is 14.2 Å². The van der Waals surface area contributed by atoms with Gasteiger partial charge in [0.15, 0.2) is 0 Å². The molecule has 3 aromatic carbocycles. The number of carbonyl (C=O) groups excluding carboxylic acids is 2. The maximum atomic E-state index is 13.2. The lowest BCUT2D eigenvalue weighted by Crippen LogP contribution is -2.51. The molecule has 2 heterocycles. The number of rotatable bonds is 11. The second-order valence-corrected chi connectivity index (χ2v) is 10.5. The number of nitrogens with one attached hydrogen (secondary N) is 2. The molecule has 2 aliphatic heterocycles. The third kappa shape index (κ3) is 8.34. The average Bonchev–Trinajstić information content (AvgIpc) is 3.44. The molecule has 2 N–H and O–H groups in total. The van der Waals surface area contributed by atoms with E-state index in [1.165, 1.54) is 24.3 Å². The minimum Gasteiger partial charge on any atom is -0.457 e. The normalized spacial score (nSPS) is 17.2. The average molecular weight is 564 g/mol. The fourth-order valence-electron chi connectivity index (χ4n) is 4.82. The van der Waals surface area contributed by atoms with E-state index < -0.39 is 11.9 Å². The Balaban J connectivity index is 1.16. The van der Waals surface area contributed by atoms with Gasteiger partial charge in [0.2, 0.25) is 11.8 Å². The highest BCUT2D eigenvalue weighted by Crippen LogP contribution is 2.35. The summed E-state index contributed by atoms with van der Waals surface area (Å²) in [7, 11) is 0. The zero-order valence-corrected chi connectivity index (χ0v) is 22.7. The summed E-state index contributed by atoms with van der Waals surface area (Å²) in [4.78, 5) is 38.5. The van der Waals surface area contributed by atoms with Crippen molar-refractivity contribution in [3.05, 3.63) is 90.2 Å². The quantitative estimate of drug-likeness (QED) is 0.336. The van der Waals surface area contributed by atoms with E-state index in [9.17, 15) is 14.0 Å². The van der Waals surface area contributed by atoms with Crippen molar-refractivity contribution in [1.29, 1.82) is 0 Å². The van der Waals surface area contributed by atoms with E-state index in [1.807, 2.05) is 30.3 Å². The summed E-state index contributed by atoms with van der Waals surface area (Å²) in [5.74, 6) is 0.0475. The lowest BCUT2D eigenvalue weighted by atomic mass is 9.80. The maximum absolute atomic E-state index is 13.2. The number of carbonyl (C=O) groups is 2. The van der Waals surface area contributed by atoms with Gasteiger partial charge in [0.05, 0.1) is 33.0 Å². The molecule has 1 spiro atoms. The third-order valence-electron chi connectivity index (χ3n) is 7.32. The molecule has 2 amide bonds. The fraction of sp³-hybridized carbons (Fsp3) is 0.355. The van der Waals surface area contributed by atoms with Gasteiger partial charge < -0.3 is 20.1 Å². The van der Waals surface area contributed by atoms with E-state index in [4.69, 9.17) is 19.2 Å². The molecule has 0 bridgehead atoms. The van der Waals surface area contributed by atoms with Gasteiger partial charge in [-0.3, -0.25) is 14.5 Å². The van der Waals surface area contributed by atoms with E-state index >= 15 is 0 Å². The number of amides is 2. The molecule has 0 aromatic heterocycles. The molecule has 2 fully saturated rings. The second-order valence-electron chi connectivity index (χ2n) is 10.5. The molecule has 1 atom stereocenters. The van der Waals surface area contributed by atoms with Crippen molar-refractivity contribution in [2.45, 2.75) is 25.5 Å². The Labute approximate surface area is 238 Å². The summed E-state index contributed by atoms with van der Waals surface area (Å²) < 4.78 is 24.7. The molecule has 2 saturated heterocycles. The van der Waals surface area contributed by atoms with E-state index in [0.717, 1.165) is 31.5 Å². The van der Waals surface area contributed by atoms with E-state index in [-0.39, 0.29) is 30.3 Å². The van der Waals surface area contributed by atoms with Crippen LogP contribution in [0.4, 0.5) is 10.1 Å². The summed E-state index contributed by atoms with van der Waals surface area (Å²) >= 11 is 0. The Kier molecular flexibility index (Phi) is 9.58. The van der Waals surface area contributed by atoms with Crippen molar-refractivity contribution in [3.8, 4) is 11.5 Å². The van der Waals surface area contributed by atoms with Gasteiger partial charge in [-0.2, -0.15) is 0 Å². The minimum absolute atomic E-state index is 0.00994. The fourth-order valence-corrected chi connectivity index (χ4v) is 4.82. The highest BCUT2D eigenvalue weighted by molar-refractivity contribution is 5.97. The standard InChI is InChI=1S/C31H34FN3O6/c32-24-6-10-26(11-7-24)41-27-12-8-25(9-13-27)33-30(37)28(20-38-19-23-4-2-1-3-5-23)34-29(36)18-35-16-14-31(15-17-35)21-39-40-22-31/h1-13,28H,14-22H2,(H,33,37)(H,34,36)/t28-/m0/s1. The number of benzene rings is 3. The minimum atomic E-state index is -0.894. The van der Waals surface area contributed by atoms with Crippen LogP contribution >= 0.6 is 0 Å². The topological polar surface area (TPSA) is 98.4 Å². The monoisotopic (exact) mass is 563 g/mol. The lowest BCUT2D eigenvalue weighted by Gasteiger charge is -2.36. The van der Waals surface area contributed by atoms with Crippen molar-refractivity contribution >= 4 is 17.5 Å². The highest BCUT2D eigenvalue weighted by Gasteiger charge is 2.40. The zero-order valence-electron chi connectivity index (χ0n) is 22.7. The maximum Gasteiger partial charge on any atom is 0.249 e. The van der Waals surface area contributed by atoms with Crippen LogP contribution < -0.4 is 15.4 Å². The van der Waals surface area contributed by atoms with Crippen LogP contribution in [0.2, 0.25) is 0 Å². The van der Waals surface area contributed by atoms with Gasteiger partial charge in [0, 0.05) is 11.1 Å². The predicted octanol–water partition coefficient (Wildman–Crippen LogP) is 4.30. The molecule has 9 nitrogen and oxygen atoms in total. The van der Waals surface area contributed by atoms with Gasteiger partial charge in [0.1, 0.15) is 23.4 Å². The zero-order chi connectivity index (χ0) is 28.5. The third-order valence-corrected chi connectivity index (χ3v) is 7.32. The summed E-state index contributed by atoms with van der Waals surface area (Å²) in [6.45, 7) is 3.21. The Morgan fingerprint density at radius 2 is 1.54 bits per heavy atom. The number of anilines is 1. The number of hydrogen-bond acceptors (Lipinski definition) is 7. The smallest absolute Gasteiger partial charge is 0.249 e. The molecule has 0 aliphatic carbocycles. The van der Waals surface area contributed by atoms with Gasteiger partial charge in [-0.1, -0.05) is 30.3 Å². The molecular weight excluding hydrogens is 529 g/mol. The summed E-state index contributed by atoms with van der Waals surface area (Å²) in [5, 5.41) is 5.71. The summed E-state index contributed by atoms with van der Waals surface area (Å²) in [6.07, 6.45) is 1.79. The summed E-state index contributed by atoms with van der Waals surface area (Å²) in [5.41, 5.74) is 1.54. The van der Waals surface area contributed by atoms with E-state index in [2.05, 4.69) is 15.5 Å². The van der Waals surface area contributed by atoms with Crippen LogP contribution in [-0.4, -0.2) is 62.2 Å². The van der Waals surface area contributed by atoms with E-state index in [0.29, 0.717) is 37.0 Å². The number of hydrogen-bond donors (Lipinski definition) is 2. The largest absolute Gasteiger partial charge is 0.457 e. The molecule has 216 valence electrons. The number of nitrogens with zero attached hydrogens (tertiary/aromatic N) is 1. The van der Waals surface area contributed by atoms with E-state index in [1.54, 1.807) is 24.3 Å². The van der Waals surface area contributed by atoms with Gasteiger partial charge in [0.25, 0.3) is 0 Å². The van der Waals surface area contributed by atoms with Crippen LogP contribution in [0.5, 0.6) is 11.5 Å². The first-order valence-electron chi connectivity index (χ1n) is 13.7. The molecule has 0 saturated carbocycles. The van der Waals surface area contributed by atoms with Crippen LogP contribution in [0.25, 0.3) is 0 Å². The number of ether oxygens (including phenoxy) is 2. The first-order valence-corrected chi connectivity index (χ1v) is 13.7. The SMILES string of the molecule is O=C(CN1CCC2(CC1)COOC2)N[C@@H](COCc1ccccc1)C(=O)Nc1ccc(Oc2ccc(F)cc2)cc1. The molecule has 2 aliphatic rings. The number of likely N-dealkylation sites (tertiary alicyclic amines) is 1. The predicted molar refractivity (Wildman–Crippen MR) is 150 cm³/mol. The first kappa shape index (κ1) is 28.7. The molecule has 10 heteroatoms. The molecule has 41 heavy (non-hydrogen) atoms. The van der Waals surface area contributed by atoms with Crippen molar-refractivity contribution in [2.75, 3.05) is 44.8 Å². The molecule has 3 aromatic rings. The number of piperidine rings is 1. The van der Waals surface area contributed by atoms with Crippen LogP contribution in [-0.2, 0) is 30.7 Å². The Bertz CT molecular complexity index is 1270. The van der Waals surface area contributed by atoms with Gasteiger partial charge in [-0.05, 0) is 80.0 Å². The van der Waals surface area contributed by atoms with Crippen LogP contribution in [0.1, 0.15) is 18.4 Å². The van der Waals surface area contributed by atoms with Crippen molar-refractivity contribution in [3.63, 3.8) is 0 Å². The second kappa shape index (κ2) is 13.7. The van der Waals surface area contributed by atoms with Crippen LogP contribution in [0.3, 0.4) is 0 Å². The van der Waals surface area contributed by atoms with Crippen molar-refractivity contribution < 1.29 is 33.2 Å². The molecule has 5 rings (SSSR count). The van der Waals surface area contributed by atoms with Crippen LogP contribution in [0, 0.1) is 11.2 Å². The lowest BCUT2D eigenvalue weighted by molar-refractivity contribution is -0.248. The van der Waals surface area contributed by atoms with Gasteiger partial charge in [-0.15, -0.1) is 0 Å². The van der Waals surface area contributed by atoms with Crippen molar-refractivity contribution in [1.82, 2.24) is 10.2 Å². The Morgan fingerprint density at radius 1 is 0.902 bits per heavy atom. The first-order chi connectivity index (χ1) is 20.0. The van der Waals surface area contributed by atoms with Crippen molar-refractivity contribution in [2.24, 2.45) is 5.41 Å². The highest BCUT2D eigenvalue weighted by atomic mass is 19.1. The molecule has 0 unspecified atom stereocenters. The Hall–Kier alpha value is -3.83. The van der Waals surface area contributed by atoms with Crippen LogP contribution in [0.15, 0.2) is 78.9 Å². The number of halogens is 1.